The predicted octanol–water partition coefficient (Wildman–Crippen LogP) is -0.385. The van der Waals surface area contributed by atoms with Crippen molar-refractivity contribution in [2.24, 2.45) is 11.5 Å². The van der Waals surface area contributed by atoms with E-state index < -0.39 is 53.8 Å². The molecule has 0 saturated heterocycles. The molecule has 2 rings (SSSR count). The normalized spacial score (nSPS) is 14.2. The molecule has 202 valence electrons. The van der Waals surface area contributed by atoms with Gasteiger partial charge in [0.2, 0.25) is 23.6 Å². The number of nitrogens with one attached hydrogen (secondary N) is 4. The Bertz CT molecular complexity index is 1120. The first-order valence-electron chi connectivity index (χ1n) is 11.7. The van der Waals surface area contributed by atoms with Crippen LogP contribution < -0.4 is 27.4 Å². The van der Waals surface area contributed by atoms with Crippen LogP contribution in [0, 0.1) is 0 Å². The highest BCUT2D eigenvalue weighted by molar-refractivity contribution is 7.98. The number of aromatic amines is 1. The number of thioether (sulfide) groups is 1. The number of amides is 4. The van der Waals surface area contributed by atoms with Crippen LogP contribution in [0.1, 0.15) is 31.7 Å². The zero-order valence-corrected chi connectivity index (χ0v) is 21.6. The van der Waals surface area contributed by atoms with Crippen molar-refractivity contribution >= 4 is 52.3 Å². The number of hydrogen-bond acceptors (Lipinski definition) is 7. The van der Waals surface area contributed by atoms with Crippen LogP contribution >= 0.6 is 11.8 Å². The van der Waals surface area contributed by atoms with Crippen molar-refractivity contribution in [3.63, 3.8) is 0 Å². The van der Waals surface area contributed by atoms with Gasteiger partial charge in [-0.25, -0.2) is 4.79 Å². The lowest BCUT2D eigenvalue weighted by Gasteiger charge is -2.23. The molecule has 4 amide bonds. The fourth-order valence-corrected chi connectivity index (χ4v) is 4.09. The highest BCUT2D eigenvalue weighted by Gasteiger charge is 2.29. The average molecular weight is 535 g/mol. The zero-order chi connectivity index (χ0) is 27.5. The smallest absolute Gasteiger partial charge is 0.326 e. The molecule has 12 nitrogen and oxygen atoms in total. The number of aliphatic carboxylic acids is 1. The molecule has 0 spiro atoms. The topological polar surface area (TPSA) is 209 Å². The molecule has 1 aromatic carbocycles. The minimum atomic E-state index is -1.38. The van der Waals surface area contributed by atoms with Gasteiger partial charge in [-0.2, -0.15) is 11.8 Å². The first kappa shape index (κ1) is 29.6. The molecule has 1 heterocycles. The standard InChI is InChI=1S/C24H34N6O6S/c1-13(28-22(33)16(25)9-10-37-2)21(32)30-19(11-14-12-27-17-6-4-3-5-15(14)17)23(34)29-18(24(35)36)7-8-20(26)31/h3-6,12-13,16,18-19,27H,7-11,25H2,1-2H3,(H2,26,31)(H,28,33)(H,29,34)(H,30,32)(H,35,36). The number of fused-ring (bicyclic) bond motifs is 1. The molecule has 0 aliphatic rings. The van der Waals surface area contributed by atoms with Crippen LogP contribution in [0.2, 0.25) is 0 Å². The first-order valence-corrected chi connectivity index (χ1v) is 13.1. The zero-order valence-electron chi connectivity index (χ0n) is 20.8. The number of para-hydroxylation sites is 1. The van der Waals surface area contributed by atoms with Gasteiger partial charge in [0, 0.05) is 29.9 Å². The lowest BCUT2D eigenvalue weighted by atomic mass is 10.0. The number of carboxylic acid groups (broad SMARTS) is 1. The molecule has 0 aliphatic carbocycles. The number of carbonyl (C=O) groups excluding carboxylic acids is 4. The summed E-state index contributed by atoms with van der Waals surface area (Å²) in [5.41, 5.74) is 12.5. The quantitative estimate of drug-likeness (QED) is 0.160. The highest BCUT2D eigenvalue weighted by atomic mass is 32.2. The number of nitrogens with two attached hydrogens (primary N) is 2. The van der Waals surface area contributed by atoms with E-state index in [1.165, 1.54) is 6.92 Å². The molecular weight excluding hydrogens is 500 g/mol. The summed E-state index contributed by atoms with van der Waals surface area (Å²) in [6, 6.07) is 3.04. The van der Waals surface area contributed by atoms with Crippen molar-refractivity contribution in [1.82, 2.24) is 20.9 Å². The Hall–Kier alpha value is -3.58. The molecule has 0 radical (unpaired) electrons. The van der Waals surface area contributed by atoms with E-state index in [9.17, 15) is 29.1 Å². The summed E-state index contributed by atoms with van der Waals surface area (Å²) in [5, 5.41) is 17.8. The molecule has 0 aliphatic heterocycles. The fraction of sp³-hybridized carbons (Fsp3) is 0.458. The van der Waals surface area contributed by atoms with Crippen LogP contribution in [-0.2, 0) is 30.4 Å². The second-order valence-electron chi connectivity index (χ2n) is 8.65. The van der Waals surface area contributed by atoms with Gasteiger partial charge < -0.3 is 37.5 Å². The van der Waals surface area contributed by atoms with E-state index in [1.807, 2.05) is 30.5 Å². The van der Waals surface area contributed by atoms with Crippen molar-refractivity contribution in [2.75, 3.05) is 12.0 Å². The Morgan fingerprint density at radius 3 is 2.32 bits per heavy atom. The van der Waals surface area contributed by atoms with Crippen molar-refractivity contribution in [3.05, 3.63) is 36.0 Å². The number of carboxylic acids is 1. The van der Waals surface area contributed by atoms with E-state index in [0.717, 1.165) is 16.5 Å². The molecule has 4 unspecified atom stereocenters. The molecule has 4 atom stereocenters. The minimum Gasteiger partial charge on any atom is -0.480 e. The van der Waals surface area contributed by atoms with Crippen molar-refractivity contribution in [2.45, 2.75) is 56.8 Å². The minimum absolute atomic E-state index is 0.0393. The fourth-order valence-electron chi connectivity index (χ4n) is 3.60. The summed E-state index contributed by atoms with van der Waals surface area (Å²) in [6.07, 6.45) is 3.63. The maximum atomic E-state index is 13.1. The van der Waals surface area contributed by atoms with Gasteiger partial charge in [-0.3, -0.25) is 19.2 Å². The number of rotatable bonds is 15. The van der Waals surface area contributed by atoms with E-state index in [-0.39, 0.29) is 19.3 Å². The number of primary amides is 1. The van der Waals surface area contributed by atoms with Crippen molar-refractivity contribution < 1.29 is 29.1 Å². The average Bonchev–Trinajstić information content (AvgIpc) is 3.26. The van der Waals surface area contributed by atoms with E-state index in [4.69, 9.17) is 11.5 Å². The third-order valence-corrected chi connectivity index (χ3v) is 6.39. The largest absolute Gasteiger partial charge is 0.480 e. The molecule has 0 saturated carbocycles. The monoisotopic (exact) mass is 534 g/mol. The Morgan fingerprint density at radius 1 is 1.00 bits per heavy atom. The number of carbonyl (C=O) groups is 5. The van der Waals surface area contributed by atoms with Gasteiger partial charge in [0.1, 0.15) is 18.1 Å². The summed E-state index contributed by atoms with van der Waals surface area (Å²) in [5.74, 6) is -3.26. The van der Waals surface area contributed by atoms with E-state index in [2.05, 4.69) is 20.9 Å². The first-order chi connectivity index (χ1) is 17.5. The Labute approximate surface area is 218 Å². The second kappa shape index (κ2) is 14.2. The molecule has 0 fully saturated rings. The molecule has 13 heteroatoms. The molecule has 2 aromatic rings. The van der Waals surface area contributed by atoms with Gasteiger partial charge in [-0.15, -0.1) is 0 Å². The highest BCUT2D eigenvalue weighted by Crippen LogP contribution is 2.19. The van der Waals surface area contributed by atoms with Gasteiger partial charge in [-0.05, 0) is 43.4 Å². The number of H-pyrrole nitrogens is 1. The molecule has 37 heavy (non-hydrogen) atoms. The number of aromatic nitrogens is 1. The van der Waals surface area contributed by atoms with Gasteiger partial charge in [0.15, 0.2) is 0 Å². The Morgan fingerprint density at radius 2 is 1.68 bits per heavy atom. The van der Waals surface area contributed by atoms with Gasteiger partial charge in [-0.1, -0.05) is 18.2 Å². The Balaban J connectivity index is 2.19. The lowest BCUT2D eigenvalue weighted by molar-refractivity contribution is -0.142. The van der Waals surface area contributed by atoms with Gasteiger partial charge in [0.25, 0.3) is 0 Å². The maximum absolute atomic E-state index is 13.1. The van der Waals surface area contributed by atoms with E-state index >= 15 is 0 Å². The third-order valence-electron chi connectivity index (χ3n) is 5.75. The summed E-state index contributed by atoms with van der Waals surface area (Å²) < 4.78 is 0. The maximum Gasteiger partial charge on any atom is 0.326 e. The third kappa shape index (κ3) is 9.10. The number of hydrogen-bond donors (Lipinski definition) is 7. The summed E-state index contributed by atoms with van der Waals surface area (Å²) in [4.78, 5) is 64.2. The van der Waals surface area contributed by atoms with Crippen molar-refractivity contribution in [3.8, 4) is 0 Å². The molecule has 9 N–H and O–H groups in total. The number of benzene rings is 1. The van der Waals surface area contributed by atoms with Crippen LogP contribution in [0.5, 0.6) is 0 Å². The summed E-state index contributed by atoms with van der Waals surface area (Å²) >= 11 is 1.54. The SMILES string of the molecule is CSCCC(N)C(=O)NC(C)C(=O)NC(Cc1c[nH]c2ccccc12)C(=O)NC(CCC(N)=O)C(=O)O. The lowest BCUT2D eigenvalue weighted by Crippen LogP contribution is -2.57. The van der Waals surface area contributed by atoms with Crippen LogP contribution in [-0.4, -0.2) is 75.9 Å². The van der Waals surface area contributed by atoms with Crippen LogP contribution in [0.25, 0.3) is 10.9 Å². The molecule has 1 aromatic heterocycles. The predicted molar refractivity (Wildman–Crippen MR) is 141 cm³/mol. The summed E-state index contributed by atoms with van der Waals surface area (Å²) in [7, 11) is 0. The Kier molecular flexibility index (Phi) is 11.4. The van der Waals surface area contributed by atoms with Crippen LogP contribution in [0.4, 0.5) is 0 Å². The van der Waals surface area contributed by atoms with Gasteiger partial charge in [0.05, 0.1) is 6.04 Å². The van der Waals surface area contributed by atoms with Crippen LogP contribution in [0.3, 0.4) is 0 Å². The van der Waals surface area contributed by atoms with E-state index in [1.54, 1.807) is 18.0 Å². The molecule has 0 bridgehead atoms. The van der Waals surface area contributed by atoms with E-state index in [0.29, 0.717) is 12.2 Å². The van der Waals surface area contributed by atoms with Crippen molar-refractivity contribution in [1.29, 1.82) is 0 Å². The van der Waals surface area contributed by atoms with Crippen LogP contribution in [0.15, 0.2) is 30.5 Å². The molecular formula is C24H34N6O6S. The summed E-state index contributed by atoms with van der Waals surface area (Å²) in [6.45, 7) is 1.46. The van der Waals surface area contributed by atoms with Gasteiger partial charge >= 0.3 is 5.97 Å². The second-order valence-corrected chi connectivity index (χ2v) is 9.63.